The van der Waals surface area contributed by atoms with E-state index in [9.17, 15) is 24.1 Å². The van der Waals surface area contributed by atoms with Crippen LogP contribution in [0.5, 0.6) is 0 Å². The van der Waals surface area contributed by atoms with Crippen molar-refractivity contribution in [3.8, 4) is 0 Å². The summed E-state index contributed by atoms with van der Waals surface area (Å²) in [6.07, 6.45) is 5.90. The van der Waals surface area contributed by atoms with E-state index in [1.165, 1.54) is 0 Å². The van der Waals surface area contributed by atoms with E-state index < -0.39 is 29.2 Å². The number of nitro groups is 1. The first-order valence-corrected chi connectivity index (χ1v) is 7.02. The number of nitro benzene ring substituents is 1. The SMILES string of the molecule is O=C(COC(=O)C[C@H]1C=CCC1)Nc1cc([N+](=O)[O-])ccc1F. The highest BCUT2D eigenvalue weighted by molar-refractivity contribution is 5.93. The third kappa shape index (κ3) is 4.87. The van der Waals surface area contributed by atoms with E-state index in [1.807, 2.05) is 12.2 Å². The molecule has 2 rings (SSSR count). The summed E-state index contributed by atoms with van der Waals surface area (Å²) in [6, 6.07) is 2.77. The Labute approximate surface area is 131 Å². The number of esters is 1. The quantitative estimate of drug-likeness (QED) is 0.375. The minimum Gasteiger partial charge on any atom is -0.456 e. The molecule has 7 nitrogen and oxygen atoms in total. The highest BCUT2D eigenvalue weighted by Gasteiger charge is 2.17. The van der Waals surface area contributed by atoms with Crippen LogP contribution in [0.2, 0.25) is 0 Å². The first-order chi connectivity index (χ1) is 11.0. The fraction of sp³-hybridized carbons (Fsp3) is 0.333. The molecule has 23 heavy (non-hydrogen) atoms. The summed E-state index contributed by atoms with van der Waals surface area (Å²) in [7, 11) is 0. The van der Waals surface area contributed by atoms with Gasteiger partial charge in [-0.15, -0.1) is 0 Å². The number of benzene rings is 1. The van der Waals surface area contributed by atoms with Gasteiger partial charge >= 0.3 is 5.97 Å². The summed E-state index contributed by atoms with van der Waals surface area (Å²) in [5.41, 5.74) is -0.689. The summed E-state index contributed by atoms with van der Waals surface area (Å²) >= 11 is 0. The summed E-state index contributed by atoms with van der Waals surface area (Å²) in [4.78, 5) is 33.1. The minimum absolute atomic E-state index is 0.125. The molecule has 1 aliphatic rings. The molecule has 1 aromatic carbocycles. The minimum atomic E-state index is -0.814. The monoisotopic (exact) mass is 322 g/mol. The number of carbonyl (C=O) groups excluding carboxylic acids is 2. The summed E-state index contributed by atoms with van der Waals surface area (Å²) in [5.74, 6) is -1.97. The van der Waals surface area contributed by atoms with Crippen molar-refractivity contribution in [3.05, 3.63) is 46.3 Å². The van der Waals surface area contributed by atoms with Gasteiger partial charge in [0.25, 0.3) is 11.6 Å². The molecule has 1 N–H and O–H groups in total. The van der Waals surface area contributed by atoms with Crippen molar-refractivity contribution >= 4 is 23.3 Å². The van der Waals surface area contributed by atoms with Crippen LogP contribution in [-0.2, 0) is 14.3 Å². The second-order valence-electron chi connectivity index (χ2n) is 5.10. The zero-order valence-electron chi connectivity index (χ0n) is 12.2. The number of amides is 1. The molecule has 0 unspecified atom stereocenters. The molecular weight excluding hydrogens is 307 g/mol. The molecule has 0 aliphatic heterocycles. The molecule has 0 fully saturated rings. The van der Waals surface area contributed by atoms with Gasteiger partial charge in [0.1, 0.15) is 5.82 Å². The summed E-state index contributed by atoms with van der Waals surface area (Å²) < 4.78 is 18.3. The molecule has 0 saturated carbocycles. The fourth-order valence-corrected chi connectivity index (χ4v) is 2.19. The second-order valence-corrected chi connectivity index (χ2v) is 5.10. The Bertz CT molecular complexity index is 659. The van der Waals surface area contributed by atoms with Crippen molar-refractivity contribution in [1.82, 2.24) is 0 Å². The number of non-ortho nitro benzene ring substituents is 1. The van der Waals surface area contributed by atoms with Crippen LogP contribution in [0.1, 0.15) is 19.3 Å². The molecule has 1 aliphatic carbocycles. The van der Waals surface area contributed by atoms with E-state index in [2.05, 4.69) is 5.32 Å². The lowest BCUT2D eigenvalue weighted by Crippen LogP contribution is -2.22. The van der Waals surface area contributed by atoms with E-state index in [0.717, 1.165) is 31.0 Å². The Morgan fingerprint density at radius 2 is 2.22 bits per heavy atom. The van der Waals surface area contributed by atoms with Crippen LogP contribution >= 0.6 is 0 Å². The van der Waals surface area contributed by atoms with E-state index in [4.69, 9.17) is 4.74 Å². The van der Waals surface area contributed by atoms with Crippen molar-refractivity contribution in [2.75, 3.05) is 11.9 Å². The summed E-state index contributed by atoms with van der Waals surface area (Å²) in [5, 5.41) is 12.8. The zero-order chi connectivity index (χ0) is 16.8. The van der Waals surface area contributed by atoms with Gasteiger partial charge in [-0.05, 0) is 24.8 Å². The predicted octanol–water partition coefficient (Wildman–Crippen LogP) is 2.57. The molecule has 0 bridgehead atoms. The van der Waals surface area contributed by atoms with E-state index >= 15 is 0 Å². The van der Waals surface area contributed by atoms with E-state index in [0.29, 0.717) is 0 Å². The number of allylic oxidation sites excluding steroid dienone is 2. The number of nitrogens with one attached hydrogen (secondary N) is 1. The van der Waals surface area contributed by atoms with Crippen LogP contribution in [0.3, 0.4) is 0 Å². The van der Waals surface area contributed by atoms with Crippen molar-refractivity contribution in [2.24, 2.45) is 5.92 Å². The number of nitrogens with zero attached hydrogens (tertiary/aromatic N) is 1. The zero-order valence-corrected chi connectivity index (χ0v) is 12.2. The van der Waals surface area contributed by atoms with Crippen LogP contribution in [-0.4, -0.2) is 23.4 Å². The molecule has 8 heteroatoms. The topological polar surface area (TPSA) is 98.5 Å². The maximum atomic E-state index is 13.5. The number of rotatable bonds is 6. The maximum absolute atomic E-state index is 13.5. The molecule has 0 saturated heterocycles. The smallest absolute Gasteiger partial charge is 0.306 e. The van der Waals surface area contributed by atoms with Gasteiger partial charge in [-0.1, -0.05) is 12.2 Å². The lowest BCUT2D eigenvalue weighted by atomic mass is 10.1. The Morgan fingerprint density at radius 3 is 2.87 bits per heavy atom. The molecule has 122 valence electrons. The van der Waals surface area contributed by atoms with E-state index in [1.54, 1.807) is 0 Å². The Morgan fingerprint density at radius 1 is 1.43 bits per heavy atom. The van der Waals surface area contributed by atoms with Gasteiger partial charge in [-0.2, -0.15) is 0 Å². The van der Waals surface area contributed by atoms with Gasteiger partial charge in [-0.3, -0.25) is 19.7 Å². The van der Waals surface area contributed by atoms with Crippen molar-refractivity contribution in [3.63, 3.8) is 0 Å². The third-order valence-corrected chi connectivity index (χ3v) is 3.34. The lowest BCUT2D eigenvalue weighted by Gasteiger charge is -2.09. The van der Waals surface area contributed by atoms with Crippen molar-refractivity contribution in [1.29, 1.82) is 0 Å². The average molecular weight is 322 g/mol. The number of anilines is 1. The predicted molar refractivity (Wildman–Crippen MR) is 79.1 cm³/mol. The molecular formula is C15H15FN2O5. The van der Waals surface area contributed by atoms with Crippen LogP contribution < -0.4 is 5.32 Å². The average Bonchev–Trinajstić information content (AvgIpc) is 3.00. The van der Waals surface area contributed by atoms with Gasteiger partial charge in [-0.25, -0.2) is 4.39 Å². The van der Waals surface area contributed by atoms with Gasteiger partial charge < -0.3 is 10.1 Å². The molecule has 1 aromatic rings. The van der Waals surface area contributed by atoms with Gasteiger partial charge in [0.2, 0.25) is 0 Å². The van der Waals surface area contributed by atoms with Crippen molar-refractivity contribution < 1.29 is 23.6 Å². The number of hydrogen-bond acceptors (Lipinski definition) is 5. The maximum Gasteiger partial charge on any atom is 0.306 e. The molecule has 1 amide bonds. The van der Waals surface area contributed by atoms with Crippen molar-refractivity contribution in [2.45, 2.75) is 19.3 Å². The first kappa shape index (κ1) is 16.6. The standard InChI is InChI=1S/C15H15FN2O5/c16-12-6-5-11(18(21)22)8-13(12)17-14(19)9-23-15(20)7-10-3-1-2-4-10/h1,3,5-6,8,10H,2,4,7,9H2,(H,17,19)/t10-/m0/s1. The molecule has 0 aromatic heterocycles. The van der Waals surface area contributed by atoms with Gasteiger partial charge in [0.15, 0.2) is 6.61 Å². The molecule has 0 heterocycles. The van der Waals surface area contributed by atoms with Crippen LogP contribution in [0.25, 0.3) is 0 Å². The van der Waals surface area contributed by atoms with Crippen LogP contribution in [0, 0.1) is 21.8 Å². The molecule has 0 spiro atoms. The lowest BCUT2D eigenvalue weighted by molar-refractivity contribution is -0.384. The summed E-state index contributed by atoms with van der Waals surface area (Å²) in [6.45, 7) is -0.572. The van der Waals surface area contributed by atoms with E-state index in [-0.39, 0.29) is 23.7 Å². The first-order valence-electron chi connectivity index (χ1n) is 7.02. The molecule has 1 atom stereocenters. The number of ether oxygens (including phenoxy) is 1. The van der Waals surface area contributed by atoms with Crippen LogP contribution in [0.15, 0.2) is 30.4 Å². The highest BCUT2D eigenvalue weighted by atomic mass is 19.1. The number of carbonyl (C=O) groups is 2. The Balaban J connectivity index is 1.84. The van der Waals surface area contributed by atoms with Crippen LogP contribution in [0.4, 0.5) is 15.8 Å². The number of hydrogen-bond donors (Lipinski definition) is 1. The highest BCUT2D eigenvalue weighted by Crippen LogP contribution is 2.22. The Kier molecular flexibility index (Phi) is 5.40. The third-order valence-electron chi connectivity index (χ3n) is 3.34. The normalized spacial score (nSPS) is 16.1. The second kappa shape index (κ2) is 7.48. The van der Waals surface area contributed by atoms with Gasteiger partial charge in [0.05, 0.1) is 17.0 Å². The Hall–Kier alpha value is -2.77. The fourth-order valence-electron chi connectivity index (χ4n) is 2.19. The van der Waals surface area contributed by atoms with Gasteiger partial charge in [0, 0.05) is 12.1 Å². The number of halogens is 1. The largest absolute Gasteiger partial charge is 0.456 e. The molecule has 0 radical (unpaired) electrons.